The van der Waals surface area contributed by atoms with Crippen molar-refractivity contribution in [1.82, 2.24) is 29.9 Å². The van der Waals surface area contributed by atoms with Gasteiger partial charge in [-0.15, -0.1) is 21.5 Å². The summed E-state index contributed by atoms with van der Waals surface area (Å²) in [4.78, 5) is 8.97. The third kappa shape index (κ3) is 4.02. The summed E-state index contributed by atoms with van der Waals surface area (Å²) in [6.45, 7) is 6.75. The minimum atomic E-state index is 0.0189. The maximum atomic E-state index is 5.26. The molecule has 0 saturated carbocycles. The number of benzene rings is 1. The number of hydrogen-bond donors (Lipinski definition) is 0. The van der Waals surface area contributed by atoms with Crippen LogP contribution >= 0.6 is 34.9 Å². The zero-order valence-corrected chi connectivity index (χ0v) is 17.6. The second kappa shape index (κ2) is 7.99. The molecule has 3 heterocycles. The van der Waals surface area contributed by atoms with Crippen molar-refractivity contribution in [2.45, 2.75) is 47.8 Å². The smallest absolute Gasteiger partial charge is 0.239 e. The summed E-state index contributed by atoms with van der Waals surface area (Å²) in [6, 6.07) is 8.19. The predicted molar refractivity (Wildman–Crippen MR) is 108 cm³/mol. The fourth-order valence-corrected chi connectivity index (χ4v) is 5.53. The minimum Gasteiger partial charge on any atom is -0.338 e. The van der Waals surface area contributed by atoms with Crippen LogP contribution < -0.4 is 0 Å². The van der Waals surface area contributed by atoms with Gasteiger partial charge in [-0.05, 0) is 32.9 Å². The van der Waals surface area contributed by atoms with Crippen molar-refractivity contribution in [1.29, 1.82) is 0 Å². The molecule has 0 fully saturated rings. The van der Waals surface area contributed by atoms with E-state index in [9.17, 15) is 0 Å². The standard InChI is InChI=1S/C17H18N6OS3/c1-4-23-14(9-25-17-19-12-7-5-6-8-13(12)27-17)20-21-16(23)26-10(2)15-18-11(3)22-24-15/h5-8,10H,4,9H2,1-3H3/t10-/m0/s1. The van der Waals surface area contributed by atoms with E-state index in [0.717, 1.165) is 33.1 Å². The molecular weight excluding hydrogens is 400 g/mol. The Morgan fingerprint density at radius 3 is 2.81 bits per heavy atom. The molecule has 0 amide bonds. The van der Waals surface area contributed by atoms with E-state index in [4.69, 9.17) is 4.52 Å². The Kier molecular flexibility index (Phi) is 5.46. The Morgan fingerprint density at radius 1 is 1.22 bits per heavy atom. The van der Waals surface area contributed by atoms with E-state index in [-0.39, 0.29) is 5.25 Å². The number of rotatable bonds is 7. The van der Waals surface area contributed by atoms with Crippen LogP contribution in [0.15, 0.2) is 38.3 Å². The van der Waals surface area contributed by atoms with Gasteiger partial charge in [0.2, 0.25) is 5.89 Å². The van der Waals surface area contributed by atoms with Gasteiger partial charge in [0, 0.05) is 6.54 Å². The van der Waals surface area contributed by atoms with Crippen molar-refractivity contribution in [2.75, 3.05) is 0 Å². The Hall–Kier alpha value is -1.91. The molecule has 1 atom stereocenters. The van der Waals surface area contributed by atoms with Crippen LogP contribution in [-0.4, -0.2) is 29.9 Å². The van der Waals surface area contributed by atoms with Gasteiger partial charge < -0.3 is 9.09 Å². The van der Waals surface area contributed by atoms with E-state index in [1.54, 1.807) is 34.9 Å². The molecule has 0 aliphatic rings. The van der Waals surface area contributed by atoms with Crippen LogP contribution in [0, 0.1) is 6.92 Å². The summed E-state index contributed by atoms with van der Waals surface area (Å²) in [5.41, 5.74) is 1.04. The highest BCUT2D eigenvalue weighted by Crippen LogP contribution is 2.35. The third-order valence-corrected chi connectivity index (χ3v) is 7.13. The van der Waals surface area contributed by atoms with Crippen molar-refractivity contribution >= 4 is 45.1 Å². The second-order valence-corrected chi connectivity index (χ2v) is 9.38. The molecule has 0 N–H and O–H groups in total. The molecule has 0 bridgehead atoms. The van der Waals surface area contributed by atoms with Crippen molar-refractivity contribution in [3.63, 3.8) is 0 Å². The number of aromatic nitrogens is 6. The van der Waals surface area contributed by atoms with Crippen molar-refractivity contribution < 1.29 is 4.52 Å². The number of thiazole rings is 1. The summed E-state index contributed by atoms with van der Waals surface area (Å²) in [5.74, 6) is 2.92. The van der Waals surface area contributed by atoms with E-state index >= 15 is 0 Å². The quantitative estimate of drug-likeness (QED) is 0.398. The van der Waals surface area contributed by atoms with Gasteiger partial charge in [-0.25, -0.2) is 4.98 Å². The maximum Gasteiger partial charge on any atom is 0.239 e. The lowest BCUT2D eigenvalue weighted by Gasteiger charge is -2.08. The van der Waals surface area contributed by atoms with Gasteiger partial charge in [-0.2, -0.15) is 4.98 Å². The summed E-state index contributed by atoms with van der Waals surface area (Å²) < 4.78 is 9.64. The van der Waals surface area contributed by atoms with Crippen molar-refractivity contribution in [3.05, 3.63) is 41.8 Å². The molecule has 140 valence electrons. The Morgan fingerprint density at radius 2 is 2.07 bits per heavy atom. The number of hydrogen-bond acceptors (Lipinski definition) is 9. The maximum absolute atomic E-state index is 5.26. The summed E-state index contributed by atoms with van der Waals surface area (Å²) >= 11 is 4.98. The van der Waals surface area contributed by atoms with Gasteiger partial charge in [0.15, 0.2) is 15.3 Å². The van der Waals surface area contributed by atoms with Gasteiger partial charge in [0.1, 0.15) is 5.82 Å². The fourth-order valence-electron chi connectivity index (χ4n) is 2.56. The highest BCUT2D eigenvalue weighted by Gasteiger charge is 2.20. The number of nitrogens with zero attached hydrogens (tertiary/aromatic N) is 6. The lowest BCUT2D eigenvalue weighted by molar-refractivity contribution is 0.376. The number of thioether (sulfide) groups is 2. The molecule has 7 nitrogen and oxygen atoms in total. The van der Waals surface area contributed by atoms with Crippen molar-refractivity contribution in [2.24, 2.45) is 0 Å². The van der Waals surface area contributed by atoms with Crippen LogP contribution in [0.25, 0.3) is 10.2 Å². The lowest BCUT2D eigenvalue weighted by atomic mass is 10.3. The summed E-state index contributed by atoms with van der Waals surface area (Å²) in [5, 5.41) is 13.5. The van der Waals surface area contributed by atoms with Gasteiger partial charge in [-0.1, -0.05) is 40.8 Å². The lowest BCUT2D eigenvalue weighted by Crippen LogP contribution is -2.03. The largest absolute Gasteiger partial charge is 0.338 e. The predicted octanol–water partition coefficient (Wildman–Crippen LogP) is 4.74. The molecule has 4 rings (SSSR count). The Balaban J connectivity index is 1.47. The minimum absolute atomic E-state index is 0.0189. The molecule has 10 heteroatoms. The first kappa shape index (κ1) is 18.5. The van der Waals surface area contributed by atoms with Crippen LogP contribution in [0.1, 0.15) is 36.6 Å². The zero-order valence-electron chi connectivity index (χ0n) is 15.1. The van der Waals surface area contributed by atoms with E-state index in [1.807, 2.05) is 32.0 Å². The first-order valence-electron chi connectivity index (χ1n) is 8.51. The van der Waals surface area contributed by atoms with Crippen LogP contribution in [0.5, 0.6) is 0 Å². The van der Waals surface area contributed by atoms with Crippen LogP contribution in [0.4, 0.5) is 0 Å². The SMILES string of the molecule is CCn1c(CSc2nc3ccccc3s2)nnc1S[C@@H](C)c1nc(C)no1. The zero-order chi connectivity index (χ0) is 18.8. The average Bonchev–Trinajstić information content (AvgIpc) is 3.37. The second-order valence-electron chi connectivity index (χ2n) is 5.82. The molecule has 27 heavy (non-hydrogen) atoms. The molecule has 0 unspecified atom stereocenters. The molecule has 0 aliphatic heterocycles. The Bertz CT molecular complexity index is 1020. The Labute approximate surface area is 169 Å². The molecular formula is C17H18N6OS3. The van der Waals surface area contributed by atoms with Gasteiger partial charge >= 0.3 is 0 Å². The molecule has 1 aromatic carbocycles. The third-order valence-electron chi connectivity index (χ3n) is 3.88. The van der Waals surface area contributed by atoms with E-state index in [1.165, 1.54) is 4.70 Å². The number of para-hydroxylation sites is 1. The topological polar surface area (TPSA) is 82.5 Å². The van der Waals surface area contributed by atoms with Crippen molar-refractivity contribution in [3.8, 4) is 0 Å². The van der Waals surface area contributed by atoms with Gasteiger partial charge in [-0.3, -0.25) is 0 Å². The molecule has 0 saturated heterocycles. The number of fused-ring (bicyclic) bond motifs is 1. The normalized spacial score (nSPS) is 12.7. The molecule has 4 aromatic rings. The van der Waals surface area contributed by atoms with Gasteiger partial charge in [0.05, 0.1) is 21.2 Å². The van der Waals surface area contributed by atoms with Crippen LogP contribution in [0.2, 0.25) is 0 Å². The fraction of sp³-hybridized carbons (Fsp3) is 0.353. The van der Waals surface area contributed by atoms with E-state index in [0.29, 0.717) is 11.7 Å². The highest BCUT2D eigenvalue weighted by atomic mass is 32.2. The molecule has 3 aromatic heterocycles. The molecule has 0 spiro atoms. The number of aryl methyl sites for hydroxylation is 1. The monoisotopic (exact) mass is 418 g/mol. The molecule has 0 radical (unpaired) electrons. The van der Waals surface area contributed by atoms with E-state index in [2.05, 4.69) is 42.9 Å². The average molecular weight is 419 g/mol. The summed E-state index contributed by atoms with van der Waals surface area (Å²) in [7, 11) is 0. The van der Waals surface area contributed by atoms with Crippen LogP contribution in [0.3, 0.4) is 0 Å². The van der Waals surface area contributed by atoms with Crippen LogP contribution in [-0.2, 0) is 12.3 Å². The first-order chi connectivity index (χ1) is 13.1. The summed E-state index contributed by atoms with van der Waals surface area (Å²) in [6.07, 6.45) is 0. The van der Waals surface area contributed by atoms with Gasteiger partial charge in [0.25, 0.3) is 0 Å². The highest BCUT2D eigenvalue weighted by molar-refractivity contribution is 8.00. The molecule has 0 aliphatic carbocycles. The van der Waals surface area contributed by atoms with E-state index < -0.39 is 0 Å². The first-order valence-corrected chi connectivity index (χ1v) is 11.2.